The van der Waals surface area contributed by atoms with E-state index in [1.54, 1.807) is 36.7 Å². The van der Waals surface area contributed by atoms with Crippen molar-refractivity contribution in [3.63, 3.8) is 0 Å². The number of halogens is 1. The second kappa shape index (κ2) is 6.97. The summed E-state index contributed by atoms with van der Waals surface area (Å²) in [7, 11) is 0. The number of aromatic amines is 1. The maximum atomic E-state index is 12.4. The minimum atomic E-state index is -0.230. The standard InChI is InChI=1S/C19H13BrN4O2/c20-18-16(6-3-9-21-18)26-17-8-7-13(11-22-17)23-19(25)15-10-12-4-1-2-5-14(12)24-15/h1-11,24H,(H,23,25). The number of benzene rings is 1. The maximum Gasteiger partial charge on any atom is 0.272 e. The fourth-order valence-electron chi connectivity index (χ4n) is 2.47. The molecule has 6 nitrogen and oxygen atoms in total. The van der Waals surface area contributed by atoms with E-state index in [4.69, 9.17) is 4.74 Å². The fourth-order valence-corrected chi connectivity index (χ4v) is 2.80. The van der Waals surface area contributed by atoms with Gasteiger partial charge in [-0.3, -0.25) is 4.79 Å². The maximum absolute atomic E-state index is 12.4. The third kappa shape index (κ3) is 3.43. The monoisotopic (exact) mass is 408 g/mol. The molecular formula is C19H13BrN4O2. The normalized spacial score (nSPS) is 10.7. The van der Waals surface area contributed by atoms with Gasteiger partial charge >= 0.3 is 0 Å². The first-order valence-electron chi connectivity index (χ1n) is 7.82. The van der Waals surface area contributed by atoms with Gasteiger partial charge in [-0.1, -0.05) is 18.2 Å². The quantitative estimate of drug-likeness (QED) is 0.476. The highest BCUT2D eigenvalue weighted by atomic mass is 79.9. The third-order valence-corrected chi connectivity index (χ3v) is 4.30. The van der Waals surface area contributed by atoms with E-state index < -0.39 is 0 Å². The van der Waals surface area contributed by atoms with E-state index in [-0.39, 0.29) is 5.91 Å². The number of hydrogen-bond donors (Lipinski definition) is 2. The SMILES string of the molecule is O=C(Nc1ccc(Oc2cccnc2Br)nc1)c1cc2ccccc2[nH]1. The Morgan fingerprint density at radius 2 is 1.96 bits per heavy atom. The molecule has 0 fully saturated rings. The van der Waals surface area contributed by atoms with Crippen molar-refractivity contribution in [3.8, 4) is 11.6 Å². The summed E-state index contributed by atoms with van der Waals surface area (Å²) >= 11 is 3.32. The molecule has 0 saturated carbocycles. The van der Waals surface area contributed by atoms with Crippen molar-refractivity contribution < 1.29 is 9.53 Å². The highest BCUT2D eigenvalue weighted by Gasteiger charge is 2.10. The van der Waals surface area contributed by atoms with E-state index >= 15 is 0 Å². The van der Waals surface area contributed by atoms with Crippen LogP contribution in [0.15, 0.2) is 71.6 Å². The first kappa shape index (κ1) is 16.3. The lowest BCUT2D eigenvalue weighted by molar-refractivity contribution is 0.102. The summed E-state index contributed by atoms with van der Waals surface area (Å²) in [6.07, 6.45) is 3.20. The molecule has 0 aliphatic carbocycles. The van der Waals surface area contributed by atoms with Crippen molar-refractivity contribution in [3.05, 3.63) is 77.3 Å². The van der Waals surface area contributed by atoms with Crippen LogP contribution in [-0.4, -0.2) is 20.9 Å². The number of rotatable bonds is 4. The van der Waals surface area contributed by atoms with Crippen molar-refractivity contribution >= 4 is 38.4 Å². The number of hydrogen-bond acceptors (Lipinski definition) is 4. The van der Waals surface area contributed by atoms with Gasteiger partial charge in [-0.15, -0.1) is 0 Å². The van der Waals surface area contributed by atoms with Gasteiger partial charge in [0.2, 0.25) is 5.88 Å². The number of aromatic nitrogens is 3. The van der Waals surface area contributed by atoms with Crippen LogP contribution in [0, 0.1) is 0 Å². The highest BCUT2D eigenvalue weighted by Crippen LogP contribution is 2.26. The summed E-state index contributed by atoms with van der Waals surface area (Å²) in [5.41, 5.74) is 1.98. The Hall–Kier alpha value is -3.19. The third-order valence-electron chi connectivity index (χ3n) is 3.71. The van der Waals surface area contributed by atoms with E-state index in [1.807, 2.05) is 30.3 Å². The van der Waals surface area contributed by atoms with Crippen LogP contribution in [0.3, 0.4) is 0 Å². The zero-order chi connectivity index (χ0) is 17.9. The smallest absolute Gasteiger partial charge is 0.272 e. The van der Waals surface area contributed by atoms with E-state index in [2.05, 4.69) is 36.2 Å². The summed E-state index contributed by atoms with van der Waals surface area (Å²) in [6, 6.07) is 16.5. The van der Waals surface area contributed by atoms with Crippen LogP contribution in [0.4, 0.5) is 5.69 Å². The Balaban J connectivity index is 1.47. The number of carbonyl (C=O) groups is 1. The first-order chi connectivity index (χ1) is 12.7. The molecule has 0 bridgehead atoms. The second-order valence-electron chi connectivity index (χ2n) is 5.50. The number of anilines is 1. The average Bonchev–Trinajstić information content (AvgIpc) is 3.10. The number of pyridine rings is 2. The van der Waals surface area contributed by atoms with E-state index in [0.29, 0.717) is 27.6 Å². The Morgan fingerprint density at radius 1 is 1.08 bits per heavy atom. The molecule has 2 N–H and O–H groups in total. The van der Waals surface area contributed by atoms with Gasteiger partial charge < -0.3 is 15.0 Å². The molecule has 7 heteroatoms. The predicted molar refractivity (Wildman–Crippen MR) is 102 cm³/mol. The molecule has 1 amide bonds. The summed E-state index contributed by atoms with van der Waals surface area (Å²) in [6.45, 7) is 0. The van der Waals surface area contributed by atoms with E-state index in [0.717, 1.165) is 10.9 Å². The van der Waals surface area contributed by atoms with Gasteiger partial charge in [0.1, 0.15) is 10.3 Å². The molecule has 0 radical (unpaired) electrons. The summed E-state index contributed by atoms with van der Waals surface area (Å²) < 4.78 is 6.25. The van der Waals surface area contributed by atoms with Gasteiger partial charge in [0, 0.05) is 23.2 Å². The Kier molecular flexibility index (Phi) is 4.37. The number of carbonyl (C=O) groups excluding carboxylic acids is 1. The van der Waals surface area contributed by atoms with Gasteiger partial charge in [0.25, 0.3) is 5.91 Å². The number of nitrogens with zero attached hydrogens (tertiary/aromatic N) is 2. The first-order valence-corrected chi connectivity index (χ1v) is 8.62. The fraction of sp³-hybridized carbons (Fsp3) is 0. The van der Waals surface area contributed by atoms with E-state index in [9.17, 15) is 4.79 Å². The number of H-pyrrole nitrogens is 1. The van der Waals surface area contributed by atoms with Crippen LogP contribution >= 0.6 is 15.9 Å². The number of nitrogens with one attached hydrogen (secondary N) is 2. The van der Waals surface area contributed by atoms with Crippen LogP contribution in [0.5, 0.6) is 11.6 Å². The topological polar surface area (TPSA) is 79.9 Å². The summed E-state index contributed by atoms with van der Waals surface area (Å²) in [5.74, 6) is 0.740. The molecule has 0 unspecified atom stereocenters. The number of para-hydroxylation sites is 1. The number of amides is 1. The molecule has 0 spiro atoms. The van der Waals surface area contributed by atoms with Gasteiger partial charge in [-0.2, -0.15) is 0 Å². The zero-order valence-corrected chi connectivity index (χ0v) is 15.0. The molecular weight excluding hydrogens is 396 g/mol. The zero-order valence-electron chi connectivity index (χ0n) is 13.4. The molecule has 3 heterocycles. The molecule has 0 atom stereocenters. The molecule has 0 aliphatic rings. The van der Waals surface area contributed by atoms with Crippen LogP contribution in [0.1, 0.15) is 10.5 Å². The van der Waals surface area contributed by atoms with Gasteiger partial charge in [0.05, 0.1) is 11.9 Å². The molecule has 26 heavy (non-hydrogen) atoms. The molecule has 128 valence electrons. The molecule has 0 saturated heterocycles. The van der Waals surface area contributed by atoms with Crippen LogP contribution < -0.4 is 10.1 Å². The second-order valence-corrected chi connectivity index (χ2v) is 6.26. The van der Waals surface area contributed by atoms with Crippen molar-refractivity contribution in [1.29, 1.82) is 0 Å². The molecule has 4 aromatic rings. The molecule has 0 aliphatic heterocycles. The van der Waals surface area contributed by atoms with Crippen molar-refractivity contribution in [1.82, 2.24) is 15.0 Å². The van der Waals surface area contributed by atoms with Crippen molar-refractivity contribution in [2.45, 2.75) is 0 Å². The lowest BCUT2D eigenvalue weighted by atomic mass is 10.2. The van der Waals surface area contributed by atoms with E-state index in [1.165, 1.54) is 0 Å². The lowest BCUT2D eigenvalue weighted by Crippen LogP contribution is -2.12. The predicted octanol–water partition coefficient (Wildman–Crippen LogP) is 4.77. The Bertz CT molecular complexity index is 1040. The van der Waals surface area contributed by atoms with Crippen molar-refractivity contribution in [2.75, 3.05) is 5.32 Å². The average molecular weight is 409 g/mol. The largest absolute Gasteiger partial charge is 0.436 e. The Morgan fingerprint density at radius 3 is 2.73 bits per heavy atom. The van der Waals surface area contributed by atoms with Crippen LogP contribution in [-0.2, 0) is 0 Å². The molecule has 1 aromatic carbocycles. The molecule has 4 rings (SSSR count). The minimum absolute atomic E-state index is 0.230. The minimum Gasteiger partial charge on any atom is -0.436 e. The summed E-state index contributed by atoms with van der Waals surface area (Å²) in [4.78, 5) is 23.8. The highest BCUT2D eigenvalue weighted by molar-refractivity contribution is 9.10. The number of ether oxygens (including phenoxy) is 1. The van der Waals surface area contributed by atoms with Crippen molar-refractivity contribution in [2.24, 2.45) is 0 Å². The summed E-state index contributed by atoms with van der Waals surface area (Å²) in [5, 5.41) is 3.80. The van der Waals surface area contributed by atoms with Gasteiger partial charge in [0.15, 0.2) is 5.75 Å². The number of fused-ring (bicyclic) bond motifs is 1. The van der Waals surface area contributed by atoms with Crippen LogP contribution in [0.2, 0.25) is 0 Å². The molecule has 3 aromatic heterocycles. The van der Waals surface area contributed by atoms with Gasteiger partial charge in [-0.25, -0.2) is 9.97 Å². The lowest BCUT2D eigenvalue weighted by Gasteiger charge is -2.07. The Labute approximate surface area is 157 Å². The van der Waals surface area contributed by atoms with Crippen LogP contribution in [0.25, 0.3) is 10.9 Å². The van der Waals surface area contributed by atoms with Gasteiger partial charge in [-0.05, 0) is 46.3 Å².